The predicted molar refractivity (Wildman–Crippen MR) is 131 cm³/mol. The van der Waals surface area contributed by atoms with Gasteiger partial charge < -0.3 is 14.9 Å². The standard InChI is InChI=1S/C26H21BrN2O3/c27-21-13-10-19(11-14-21)17-31-25-15-12-20-6-4-5-9-23(20)24(25)16-28-32-18-26(30)29-22-7-2-1-3-8-22/h1-16H,17-18H2,(H,29,30). The van der Waals surface area contributed by atoms with E-state index in [2.05, 4.69) is 26.4 Å². The Morgan fingerprint density at radius 1 is 0.906 bits per heavy atom. The molecular weight excluding hydrogens is 468 g/mol. The van der Waals surface area contributed by atoms with Gasteiger partial charge in [0.2, 0.25) is 0 Å². The second-order valence-electron chi connectivity index (χ2n) is 7.04. The van der Waals surface area contributed by atoms with Crippen LogP contribution < -0.4 is 10.1 Å². The van der Waals surface area contributed by atoms with Gasteiger partial charge in [0.1, 0.15) is 12.4 Å². The summed E-state index contributed by atoms with van der Waals surface area (Å²) in [7, 11) is 0. The third-order valence-corrected chi connectivity index (χ3v) is 5.28. The number of oxime groups is 1. The number of hydrogen-bond donors (Lipinski definition) is 1. The molecule has 4 rings (SSSR count). The van der Waals surface area contributed by atoms with E-state index >= 15 is 0 Å². The third-order valence-electron chi connectivity index (χ3n) is 4.75. The Morgan fingerprint density at radius 2 is 1.66 bits per heavy atom. The van der Waals surface area contributed by atoms with E-state index in [9.17, 15) is 4.79 Å². The van der Waals surface area contributed by atoms with Crippen LogP contribution in [-0.4, -0.2) is 18.7 Å². The van der Waals surface area contributed by atoms with Gasteiger partial charge in [-0.2, -0.15) is 0 Å². The van der Waals surface area contributed by atoms with Crippen LogP contribution in [0.3, 0.4) is 0 Å². The second kappa shape index (κ2) is 10.6. The largest absolute Gasteiger partial charge is 0.488 e. The molecule has 0 spiro atoms. The first-order valence-electron chi connectivity index (χ1n) is 10.1. The summed E-state index contributed by atoms with van der Waals surface area (Å²) in [4.78, 5) is 17.3. The van der Waals surface area contributed by atoms with Crippen molar-refractivity contribution in [3.05, 3.63) is 107 Å². The summed E-state index contributed by atoms with van der Waals surface area (Å²) in [5.74, 6) is 0.408. The van der Waals surface area contributed by atoms with Crippen molar-refractivity contribution in [2.24, 2.45) is 5.16 Å². The molecule has 0 aliphatic carbocycles. The number of ether oxygens (including phenoxy) is 1. The minimum Gasteiger partial charge on any atom is -0.488 e. The van der Waals surface area contributed by atoms with Gasteiger partial charge in [0.05, 0.1) is 6.21 Å². The highest BCUT2D eigenvalue weighted by molar-refractivity contribution is 9.10. The molecule has 0 saturated carbocycles. The summed E-state index contributed by atoms with van der Waals surface area (Å²) < 4.78 is 7.11. The fourth-order valence-electron chi connectivity index (χ4n) is 3.18. The molecule has 0 fully saturated rings. The van der Waals surface area contributed by atoms with Gasteiger partial charge in [0, 0.05) is 15.7 Å². The molecule has 4 aromatic carbocycles. The molecule has 0 saturated heterocycles. The number of nitrogens with zero attached hydrogens (tertiary/aromatic N) is 1. The SMILES string of the molecule is O=C(CON=Cc1c(OCc2ccc(Br)cc2)ccc2ccccc12)Nc1ccccc1. The zero-order valence-corrected chi connectivity index (χ0v) is 18.8. The molecule has 1 N–H and O–H groups in total. The molecular formula is C26H21BrN2O3. The van der Waals surface area contributed by atoms with Crippen molar-refractivity contribution in [2.45, 2.75) is 6.61 Å². The van der Waals surface area contributed by atoms with Gasteiger partial charge in [-0.1, -0.05) is 81.7 Å². The number of fused-ring (bicyclic) bond motifs is 1. The van der Waals surface area contributed by atoms with Gasteiger partial charge in [-0.05, 0) is 46.7 Å². The number of nitrogens with one attached hydrogen (secondary N) is 1. The lowest BCUT2D eigenvalue weighted by atomic mass is 10.0. The van der Waals surface area contributed by atoms with Crippen LogP contribution in [0.2, 0.25) is 0 Å². The van der Waals surface area contributed by atoms with Crippen LogP contribution >= 0.6 is 15.9 Å². The smallest absolute Gasteiger partial charge is 0.265 e. The number of carbonyl (C=O) groups is 1. The van der Waals surface area contributed by atoms with Crippen molar-refractivity contribution in [1.82, 2.24) is 0 Å². The molecule has 0 radical (unpaired) electrons. The Hall–Kier alpha value is -3.64. The van der Waals surface area contributed by atoms with Gasteiger partial charge in [0.25, 0.3) is 5.91 Å². The molecule has 0 atom stereocenters. The molecule has 0 heterocycles. The molecule has 0 aromatic heterocycles. The van der Waals surface area contributed by atoms with Crippen molar-refractivity contribution in [2.75, 3.05) is 11.9 Å². The number of anilines is 1. The summed E-state index contributed by atoms with van der Waals surface area (Å²) in [6.07, 6.45) is 1.59. The summed E-state index contributed by atoms with van der Waals surface area (Å²) >= 11 is 3.44. The van der Waals surface area contributed by atoms with Crippen LogP contribution in [0.5, 0.6) is 5.75 Å². The van der Waals surface area contributed by atoms with Gasteiger partial charge in [0.15, 0.2) is 6.61 Å². The van der Waals surface area contributed by atoms with Crippen molar-refractivity contribution in [1.29, 1.82) is 0 Å². The molecule has 5 nitrogen and oxygen atoms in total. The summed E-state index contributed by atoms with van der Waals surface area (Å²) in [5, 5.41) is 8.84. The van der Waals surface area contributed by atoms with Crippen LogP contribution in [0.25, 0.3) is 10.8 Å². The second-order valence-corrected chi connectivity index (χ2v) is 7.95. The number of benzene rings is 4. The number of hydrogen-bond acceptors (Lipinski definition) is 4. The highest BCUT2D eigenvalue weighted by Crippen LogP contribution is 2.27. The number of halogens is 1. The predicted octanol–water partition coefficient (Wildman–Crippen LogP) is 6.17. The monoisotopic (exact) mass is 488 g/mol. The first kappa shape index (κ1) is 21.6. The van der Waals surface area contributed by atoms with E-state index in [1.807, 2.05) is 91.0 Å². The van der Waals surface area contributed by atoms with E-state index in [-0.39, 0.29) is 12.5 Å². The van der Waals surface area contributed by atoms with E-state index in [0.717, 1.165) is 26.4 Å². The summed E-state index contributed by atoms with van der Waals surface area (Å²) in [5.41, 5.74) is 2.56. The highest BCUT2D eigenvalue weighted by Gasteiger charge is 2.08. The normalized spacial score (nSPS) is 10.9. The van der Waals surface area contributed by atoms with Gasteiger partial charge >= 0.3 is 0 Å². The van der Waals surface area contributed by atoms with Gasteiger partial charge in [-0.3, -0.25) is 4.79 Å². The minimum atomic E-state index is -0.280. The zero-order valence-electron chi connectivity index (χ0n) is 17.2. The Bertz CT molecular complexity index is 1230. The Labute approximate surface area is 194 Å². The van der Waals surface area contributed by atoms with Crippen molar-refractivity contribution in [3.63, 3.8) is 0 Å². The Kier molecular flexibility index (Phi) is 7.15. The van der Waals surface area contributed by atoms with Crippen LogP contribution in [0, 0.1) is 0 Å². The molecule has 1 amide bonds. The molecule has 4 aromatic rings. The minimum absolute atomic E-state index is 0.189. The lowest BCUT2D eigenvalue weighted by Gasteiger charge is -2.12. The van der Waals surface area contributed by atoms with E-state index in [1.165, 1.54) is 0 Å². The highest BCUT2D eigenvalue weighted by atomic mass is 79.9. The number of rotatable bonds is 8. The maximum absolute atomic E-state index is 12.0. The van der Waals surface area contributed by atoms with E-state index in [4.69, 9.17) is 9.57 Å². The van der Waals surface area contributed by atoms with Crippen LogP contribution in [0.15, 0.2) is 101 Å². The van der Waals surface area contributed by atoms with Crippen LogP contribution in [-0.2, 0) is 16.2 Å². The molecule has 0 unspecified atom stereocenters. The topological polar surface area (TPSA) is 59.9 Å². The maximum Gasteiger partial charge on any atom is 0.265 e. The average Bonchev–Trinajstić information content (AvgIpc) is 2.82. The number of para-hydroxylation sites is 1. The van der Waals surface area contributed by atoms with Crippen molar-refractivity contribution >= 4 is 44.5 Å². The molecule has 0 aliphatic rings. The fourth-order valence-corrected chi connectivity index (χ4v) is 3.45. The lowest BCUT2D eigenvalue weighted by molar-refractivity contribution is -0.120. The van der Waals surface area contributed by atoms with E-state index in [1.54, 1.807) is 6.21 Å². The maximum atomic E-state index is 12.0. The summed E-state index contributed by atoms with van der Waals surface area (Å²) in [6.45, 7) is 0.234. The zero-order chi connectivity index (χ0) is 22.2. The first-order chi connectivity index (χ1) is 15.7. The number of carbonyl (C=O) groups excluding carboxylic acids is 1. The van der Waals surface area contributed by atoms with Crippen LogP contribution in [0.1, 0.15) is 11.1 Å². The number of amides is 1. The summed E-state index contributed by atoms with van der Waals surface area (Å²) in [6, 6.07) is 29.1. The molecule has 6 heteroatoms. The molecule has 0 bridgehead atoms. The van der Waals surface area contributed by atoms with Crippen LogP contribution in [0.4, 0.5) is 5.69 Å². The fraction of sp³-hybridized carbons (Fsp3) is 0.0769. The van der Waals surface area contributed by atoms with Gasteiger partial charge in [-0.25, -0.2) is 0 Å². The average molecular weight is 489 g/mol. The van der Waals surface area contributed by atoms with E-state index < -0.39 is 0 Å². The molecule has 160 valence electrons. The van der Waals surface area contributed by atoms with Gasteiger partial charge in [-0.15, -0.1) is 0 Å². The molecule has 32 heavy (non-hydrogen) atoms. The quantitative estimate of drug-likeness (QED) is 0.238. The van der Waals surface area contributed by atoms with E-state index in [0.29, 0.717) is 18.0 Å². The Balaban J connectivity index is 1.46. The lowest BCUT2D eigenvalue weighted by Crippen LogP contribution is -2.16. The molecule has 0 aliphatic heterocycles. The first-order valence-corrected chi connectivity index (χ1v) is 10.9. The van der Waals surface area contributed by atoms with Crippen molar-refractivity contribution in [3.8, 4) is 5.75 Å². The third kappa shape index (κ3) is 5.74. The Morgan fingerprint density at radius 3 is 2.47 bits per heavy atom. The van der Waals surface area contributed by atoms with Crippen molar-refractivity contribution < 1.29 is 14.4 Å².